The number of carbonyl (C=O) groups is 4. The van der Waals surface area contributed by atoms with Gasteiger partial charge in [-0.05, 0) is 6.92 Å². The fourth-order valence-electron chi connectivity index (χ4n) is 4.55. The average Bonchev–Trinajstić information content (AvgIpc) is 3.69. The summed E-state index contributed by atoms with van der Waals surface area (Å²) in [6, 6.07) is -1.17. The minimum Gasteiger partial charge on any atom is -0.431 e. The first-order chi connectivity index (χ1) is 23.0. The number of nitrogens with zero attached hydrogens (tertiary/aromatic N) is 8. The molecule has 4 unspecified atom stereocenters. The van der Waals surface area contributed by atoms with Crippen molar-refractivity contribution >= 4 is 70.3 Å². The van der Waals surface area contributed by atoms with Gasteiger partial charge in [-0.15, -0.1) is 11.8 Å². The highest BCUT2D eigenvalue weighted by Gasteiger charge is 2.55. The van der Waals surface area contributed by atoms with Crippen molar-refractivity contribution in [3.05, 3.63) is 17.1 Å². The van der Waals surface area contributed by atoms with E-state index in [0.717, 1.165) is 16.4 Å². The van der Waals surface area contributed by atoms with Crippen molar-refractivity contribution in [1.29, 1.82) is 0 Å². The molecule has 3 aliphatic rings. The standard InChI is InChI=1S/C25H33FN10O10S2/c1-4-34-5-6-35(24(34)28-3)29-7-13-10-47-21-16(30-19(39)15(32-44-11-26)18-31-23(27)48-33-18)20(40)36(21)17(13)22(41)45-12(2)46-25(42)43-9-14(38)8-37/h7,12,14,16,21,37-38H,4-6,8-11H2,1-3H3,(H,30,39)(H2,27,31,33)/b28-24?,29-7+,32-15-. The number of β-lactam (4-membered cyclic amide) rings is 1. The lowest BCUT2D eigenvalue weighted by Gasteiger charge is -2.49. The zero-order valence-corrected chi connectivity index (χ0v) is 27.5. The van der Waals surface area contributed by atoms with Crippen LogP contribution in [0.4, 0.5) is 14.3 Å². The molecule has 23 heteroatoms. The number of aromatic nitrogens is 2. The van der Waals surface area contributed by atoms with Crippen LogP contribution in [0.25, 0.3) is 0 Å². The number of thioether (sulfide) groups is 1. The molecule has 2 fully saturated rings. The molecule has 4 heterocycles. The number of likely N-dealkylation sites (N-methyl/N-ethyl adjacent to an activating group) is 1. The second-order valence-corrected chi connectivity index (χ2v) is 11.7. The van der Waals surface area contributed by atoms with Crippen LogP contribution in [0, 0.1) is 0 Å². The average molecular weight is 717 g/mol. The van der Waals surface area contributed by atoms with Gasteiger partial charge in [0.1, 0.15) is 29.8 Å². The molecular weight excluding hydrogens is 683 g/mol. The molecule has 4 atom stereocenters. The third-order valence-corrected chi connectivity index (χ3v) is 8.57. The normalized spacial score (nSPS) is 21.6. The Kier molecular flexibility index (Phi) is 12.4. The van der Waals surface area contributed by atoms with Crippen LogP contribution in [0.5, 0.6) is 0 Å². The van der Waals surface area contributed by atoms with E-state index in [1.54, 1.807) is 12.1 Å². The Balaban J connectivity index is 1.55. The molecule has 2 amide bonds. The van der Waals surface area contributed by atoms with E-state index in [1.807, 2.05) is 11.8 Å². The van der Waals surface area contributed by atoms with Crippen molar-refractivity contribution in [2.45, 2.75) is 37.7 Å². The van der Waals surface area contributed by atoms with Gasteiger partial charge in [-0.2, -0.15) is 14.5 Å². The van der Waals surface area contributed by atoms with Crippen molar-refractivity contribution in [3.8, 4) is 0 Å². The number of ether oxygens (including phenoxy) is 3. The van der Waals surface area contributed by atoms with E-state index in [1.165, 1.54) is 24.9 Å². The van der Waals surface area contributed by atoms with E-state index in [0.29, 0.717) is 25.6 Å². The number of hydrazone groups is 1. The molecule has 1 aromatic heterocycles. The van der Waals surface area contributed by atoms with E-state index in [2.05, 4.69) is 39.5 Å². The number of fused-ring (bicyclic) bond motifs is 1. The van der Waals surface area contributed by atoms with Crippen LogP contribution in [0.3, 0.4) is 0 Å². The molecule has 1 aromatic rings. The molecule has 262 valence electrons. The van der Waals surface area contributed by atoms with Crippen LogP contribution in [-0.4, -0.2) is 153 Å². The molecule has 48 heavy (non-hydrogen) atoms. The Morgan fingerprint density at radius 2 is 2.06 bits per heavy atom. The maximum atomic E-state index is 13.5. The number of esters is 1. The van der Waals surface area contributed by atoms with Crippen LogP contribution in [0.1, 0.15) is 19.7 Å². The number of nitrogens with one attached hydrogen (secondary N) is 1. The summed E-state index contributed by atoms with van der Waals surface area (Å²) in [4.78, 5) is 67.7. The number of alkyl halides is 1. The fourth-order valence-corrected chi connectivity index (χ4v) is 6.28. The quantitative estimate of drug-likeness (QED) is 0.0557. The monoisotopic (exact) mass is 716 g/mol. The van der Waals surface area contributed by atoms with Gasteiger partial charge in [0.05, 0.1) is 19.4 Å². The number of anilines is 1. The smallest absolute Gasteiger partial charge is 0.431 e. The Labute approximate surface area is 280 Å². The zero-order chi connectivity index (χ0) is 35.0. The summed E-state index contributed by atoms with van der Waals surface area (Å²) in [5.74, 6) is -2.24. The van der Waals surface area contributed by atoms with Crippen molar-refractivity contribution in [2.24, 2.45) is 15.2 Å². The van der Waals surface area contributed by atoms with Gasteiger partial charge in [0, 0.05) is 49.9 Å². The molecule has 20 nitrogen and oxygen atoms in total. The van der Waals surface area contributed by atoms with Gasteiger partial charge in [0.25, 0.3) is 18.7 Å². The molecule has 5 N–H and O–H groups in total. The van der Waals surface area contributed by atoms with Gasteiger partial charge in [-0.3, -0.25) is 19.5 Å². The summed E-state index contributed by atoms with van der Waals surface area (Å²) in [5, 5.41) is 29.5. The van der Waals surface area contributed by atoms with Crippen molar-refractivity contribution in [2.75, 3.05) is 58.2 Å². The summed E-state index contributed by atoms with van der Waals surface area (Å²) < 4.78 is 31.4. The number of aliphatic imine (C=N–C) groups is 1. The first-order valence-electron chi connectivity index (χ1n) is 14.2. The number of nitrogen functional groups attached to an aromatic ring is 1. The van der Waals surface area contributed by atoms with Crippen LogP contribution >= 0.6 is 23.3 Å². The predicted molar refractivity (Wildman–Crippen MR) is 167 cm³/mol. The van der Waals surface area contributed by atoms with Crippen LogP contribution in [0.2, 0.25) is 0 Å². The van der Waals surface area contributed by atoms with E-state index in [-0.39, 0.29) is 28.0 Å². The predicted octanol–water partition coefficient (Wildman–Crippen LogP) is -1.57. The Morgan fingerprint density at radius 3 is 2.71 bits per heavy atom. The lowest BCUT2D eigenvalue weighted by atomic mass is 10.0. The third-order valence-electron chi connectivity index (χ3n) is 6.72. The van der Waals surface area contributed by atoms with Crippen LogP contribution < -0.4 is 11.1 Å². The van der Waals surface area contributed by atoms with Crippen LogP contribution in [0.15, 0.2) is 26.5 Å². The number of nitrogens with two attached hydrogens (primary N) is 1. The number of rotatable bonds is 14. The minimum absolute atomic E-state index is 0.00449. The molecule has 2 saturated heterocycles. The van der Waals surface area contributed by atoms with Gasteiger partial charge < -0.3 is 45.2 Å². The number of carbonyl (C=O) groups excluding carboxylic acids is 4. The first kappa shape index (κ1) is 36.2. The Morgan fingerprint density at radius 1 is 1.29 bits per heavy atom. The van der Waals surface area contributed by atoms with Gasteiger partial charge in [0.2, 0.25) is 23.8 Å². The molecule has 0 aliphatic carbocycles. The van der Waals surface area contributed by atoms with Gasteiger partial charge in [-0.25, -0.2) is 19.0 Å². The number of guanidine groups is 1. The van der Waals surface area contributed by atoms with Crippen molar-refractivity contribution in [1.82, 2.24) is 29.5 Å². The number of aliphatic hydroxyl groups is 2. The SMILES string of the molecule is CCN1CCN(/N=C/C2=C(C(=O)OC(C)OC(=O)OCC(O)CO)N3C(=O)C(NC(=O)/C(=N\OCF)c4nsc(N)n4)C3SC2)C1=NC. The maximum Gasteiger partial charge on any atom is 0.511 e. The summed E-state index contributed by atoms with van der Waals surface area (Å²) in [5.41, 5.74) is 5.13. The van der Waals surface area contributed by atoms with Crippen LogP contribution in [-0.2, 0) is 33.4 Å². The van der Waals surface area contributed by atoms with Crippen molar-refractivity contribution < 1.29 is 52.8 Å². The topological polar surface area (TPSA) is 256 Å². The summed E-state index contributed by atoms with van der Waals surface area (Å²) in [7, 11) is 1.62. The minimum atomic E-state index is -1.51. The lowest BCUT2D eigenvalue weighted by Crippen LogP contribution is -2.71. The van der Waals surface area contributed by atoms with E-state index in [9.17, 15) is 28.7 Å². The largest absolute Gasteiger partial charge is 0.511 e. The molecule has 0 aromatic carbocycles. The number of amides is 2. The summed E-state index contributed by atoms with van der Waals surface area (Å²) >= 11 is 1.96. The number of halogens is 1. The fraction of sp³-hybridized carbons (Fsp3) is 0.560. The van der Waals surface area contributed by atoms with E-state index in [4.69, 9.17) is 20.3 Å². The highest BCUT2D eigenvalue weighted by molar-refractivity contribution is 8.00. The maximum absolute atomic E-state index is 13.5. The highest BCUT2D eigenvalue weighted by atomic mass is 32.2. The highest BCUT2D eigenvalue weighted by Crippen LogP contribution is 2.40. The molecule has 3 aliphatic heterocycles. The lowest BCUT2D eigenvalue weighted by molar-refractivity contribution is -0.169. The number of aliphatic hydroxyl groups excluding tert-OH is 2. The Bertz CT molecular complexity index is 1510. The van der Waals surface area contributed by atoms with E-state index >= 15 is 0 Å². The molecule has 4 rings (SSSR count). The van der Waals surface area contributed by atoms with Gasteiger partial charge in [0.15, 0.2) is 5.13 Å². The van der Waals surface area contributed by atoms with E-state index < -0.39 is 73.5 Å². The van der Waals surface area contributed by atoms with Gasteiger partial charge >= 0.3 is 12.1 Å². The number of hydrogen-bond acceptors (Lipinski definition) is 18. The van der Waals surface area contributed by atoms with Crippen molar-refractivity contribution in [3.63, 3.8) is 0 Å². The summed E-state index contributed by atoms with van der Waals surface area (Å²) in [6.45, 7) is 2.50. The Hall–Kier alpha value is -4.61. The molecule has 0 spiro atoms. The third kappa shape index (κ3) is 8.26. The van der Waals surface area contributed by atoms with Gasteiger partial charge in [-0.1, -0.05) is 5.16 Å². The second-order valence-electron chi connectivity index (χ2n) is 9.83. The molecule has 0 bridgehead atoms. The number of oxime groups is 1. The number of hydrogen-bond donors (Lipinski definition) is 4. The zero-order valence-electron chi connectivity index (χ0n) is 25.8. The second kappa shape index (κ2) is 16.5. The molecule has 0 radical (unpaired) electrons. The first-order valence-corrected chi connectivity index (χ1v) is 16.1. The molecule has 0 saturated carbocycles. The summed E-state index contributed by atoms with van der Waals surface area (Å²) in [6.07, 6.45) is -2.73. The molecular formula is C25H33FN10O10S2.